The fourth-order valence-corrected chi connectivity index (χ4v) is 2.11. The van der Waals surface area contributed by atoms with Gasteiger partial charge in [0.1, 0.15) is 5.69 Å². The van der Waals surface area contributed by atoms with Gasteiger partial charge in [-0.2, -0.15) is 18.2 Å². The lowest BCUT2D eigenvalue weighted by Gasteiger charge is -2.03. The van der Waals surface area contributed by atoms with Crippen LogP contribution in [0.4, 0.5) is 19.1 Å². The second-order valence-corrected chi connectivity index (χ2v) is 4.80. The van der Waals surface area contributed by atoms with E-state index in [9.17, 15) is 22.8 Å². The smallest absolute Gasteiger partial charge is 0.451 e. The molecule has 0 radical (unpaired) electrons. The molecule has 0 spiro atoms. The number of anilines is 1. The zero-order chi connectivity index (χ0) is 18.1. The Morgan fingerprint density at radius 3 is 2.50 bits per heavy atom. The summed E-state index contributed by atoms with van der Waals surface area (Å²) in [7, 11) is 0. The number of hydrogen-bond acceptors (Lipinski definition) is 5. The third-order valence-electron chi connectivity index (χ3n) is 3.12. The number of aryl methyl sites for hydroxylation is 1. The van der Waals surface area contributed by atoms with E-state index >= 15 is 0 Å². The number of amides is 1. The number of ether oxygens (including phenoxy) is 1. The SMILES string of the molecule is CCOC(=O)c1[nH]c(C)c(C(=O)Nc2n[nH]c(C(F)(F)F)n2)c1C. The first-order valence-electron chi connectivity index (χ1n) is 6.82. The molecule has 130 valence electrons. The number of nitrogens with one attached hydrogen (secondary N) is 3. The molecule has 0 saturated heterocycles. The van der Waals surface area contributed by atoms with E-state index in [2.05, 4.69) is 20.4 Å². The molecule has 0 aliphatic heterocycles. The molecule has 11 heteroatoms. The second kappa shape index (κ2) is 6.34. The first-order valence-corrected chi connectivity index (χ1v) is 6.82. The average Bonchev–Trinajstić information content (AvgIpc) is 3.03. The quantitative estimate of drug-likeness (QED) is 0.735. The van der Waals surface area contributed by atoms with Gasteiger partial charge < -0.3 is 9.72 Å². The van der Waals surface area contributed by atoms with Crippen molar-refractivity contribution in [3.05, 3.63) is 28.3 Å². The first-order chi connectivity index (χ1) is 11.1. The van der Waals surface area contributed by atoms with Gasteiger partial charge in [0.2, 0.25) is 11.8 Å². The summed E-state index contributed by atoms with van der Waals surface area (Å²) in [6, 6.07) is 0. The minimum atomic E-state index is -4.70. The molecule has 0 saturated carbocycles. The zero-order valence-electron chi connectivity index (χ0n) is 13.0. The third kappa shape index (κ3) is 3.39. The lowest BCUT2D eigenvalue weighted by atomic mass is 10.1. The van der Waals surface area contributed by atoms with Crippen LogP contribution in [0, 0.1) is 13.8 Å². The van der Waals surface area contributed by atoms with Crippen LogP contribution in [0.5, 0.6) is 0 Å². The lowest BCUT2D eigenvalue weighted by molar-refractivity contribution is -0.144. The standard InChI is InChI=1S/C13H14F3N5O3/c1-4-24-10(23)8-5(2)7(6(3)17-8)9(22)18-12-19-11(20-21-12)13(14,15)16/h17H,4H2,1-3H3,(H2,18,19,20,21,22). The van der Waals surface area contributed by atoms with Crippen LogP contribution in [0.2, 0.25) is 0 Å². The van der Waals surface area contributed by atoms with Gasteiger partial charge in [-0.15, -0.1) is 5.10 Å². The van der Waals surface area contributed by atoms with Crippen molar-refractivity contribution >= 4 is 17.8 Å². The molecule has 2 heterocycles. The van der Waals surface area contributed by atoms with Crippen molar-refractivity contribution in [1.29, 1.82) is 0 Å². The van der Waals surface area contributed by atoms with E-state index in [-0.39, 0.29) is 17.9 Å². The topological polar surface area (TPSA) is 113 Å². The molecule has 0 fully saturated rings. The van der Waals surface area contributed by atoms with Crippen molar-refractivity contribution < 1.29 is 27.5 Å². The van der Waals surface area contributed by atoms with E-state index in [0.29, 0.717) is 11.3 Å². The predicted molar refractivity (Wildman–Crippen MR) is 75.6 cm³/mol. The summed E-state index contributed by atoms with van der Waals surface area (Å²) in [5.74, 6) is -3.23. The van der Waals surface area contributed by atoms with Gasteiger partial charge in [0.15, 0.2) is 0 Å². The van der Waals surface area contributed by atoms with Crippen LogP contribution in [-0.2, 0) is 10.9 Å². The van der Waals surface area contributed by atoms with E-state index in [1.165, 1.54) is 6.92 Å². The molecule has 0 bridgehead atoms. The summed E-state index contributed by atoms with van der Waals surface area (Å²) in [6.45, 7) is 4.86. The number of nitrogens with zero attached hydrogens (tertiary/aromatic N) is 2. The molecule has 0 aliphatic rings. The highest BCUT2D eigenvalue weighted by Crippen LogP contribution is 2.26. The van der Waals surface area contributed by atoms with Crippen molar-refractivity contribution in [2.75, 3.05) is 11.9 Å². The van der Waals surface area contributed by atoms with Gasteiger partial charge in [0, 0.05) is 5.69 Å². The van der Waals surface area contributed by atoms with Crippen molar-refractivity contribution in [3.63, 3.8) is 0 Å². The first kappa shape index (κ1) is 17.5. The molecule has 24 heavy (non-hydrogen) atoms. The highest BCUT2D eigenvalue weighted by molar-refractivity contribution is 6.07. The number of hydrogen-bond donors (Lipinski definition) is 3. The summed E-state index contributed by atoms with van der Waals surface area (Å²) in [5.41, 5.74) is 0.886. The summed E-state index contributed by atoms with van der Waals surface area (Å²) < 4.78 is 42.2. The zero-order valence-corrected chi connectivity index (χ0v) is 13.0. The summed E-state index contributed by atoms with van der Waals surface area (Å²) in [4.78, 5) is 29.9. The predicted octanol–water partition coefficient (Wildman–Crippen LogP) is 2.20. The van der Waals surface area contributed by atoms with Crippen molar-refractivity contribution in [2.24, 2.45) is 0 Å². The van der Waals surface area contributed by atoms with Gasteiger partial charge in [0.25, 0.3) is 5.91 Å². The van der Waals surface area contributed by atoms with Crippen molar-refractivity contribution in [2.45, 2.75) is 26.9 Å². The fraction of sp³-hybridized carbons (Fsp3) is 0.385. The Morgan fingerprint density at radius 2 is 1.96 bits per heavy atom. The number of halogens is 3. The minimum absolute atomic E-state index is 0.102. The Hall–Kier alpha value is -2.85. The third-order valence-corrected chi connectivity index (χ3v) is 3.12. The Balaban J connectivity index is 2.24. The maximum Gasteiger partial charge on any atom is 0.451 e. The highest BCUT2D eigenvalue weighted by Gasteiger charge is 2.35. The Bertz CT molecular complexity index is 778. The van der Waals surface area contributed by atoms with Gasteiger partial charge in [-0.3, -0.25) is 15.2 Å². The molecular weight excluding hydrogens is 331 g/mol. The summed E-state index contributed by atoms with van der Waals surface area (Å²) in [5, 5.41) is 7.13. The summed E-state index contributed by atoms with van der Waals surface area (Å²) in [6.07, 6.45) is -4.70. The molecular formula is C13H14F3N5O3. The van der Waals surface area contributed by atoms with E-state index < -0.39 is 29.8 Å². The second-order valence-electron chi connectivity index (χ2n) is 4.80. The van der Waals surface area contributed by atoms with E-state index in [1.807, 2.05) is 0 Å². The molecule has 0 aromatic carbocycles. The highest BCUT2D eigenvalue weighted by atomic mass is 19.4. The van der Waals surface area contributed by atoms with Gasteiger partial charge in [-0.1, -0.05) is 0 Å². The number of carbonyl (C=O) groups is 2. The minimum Gasteiger partial charge on any atom is -0.461 e. The molecule has 1 amide bonds. The summed E-state index contributed by atoms with van der Waals surface area (Å²) >= 11 is 0. The number of carbonyl (C=O) groups excluding carboxylic acids is 2. The largest absolute Gasteiger partial charge is 0.461 e. The Morgan fingerprint density at radius 1 is 1.29 bits per heavy atom. The van der Waals surface area contributed by atoms with Crippen molar-refractivity contribution in [3.8, 4) is 0 Å². The van der Waals surface area contributed by atoms with Crippen LogP contribution >= 0.6 is 0 Å². The number of H-pyrrole nitrogens is 2. The molecule has 2 aromatic heterocycles. The van der Waals surface area contributed by atoms with Crippen LogP contribution < -0.4 is 5.32 Å². The van der Waals surface area contributed by atoms with Crippen LogP contribution in [0.3, 0.4) is 0 Å². The van der Waals surface area contributed by atoms with E-state index in [1.54, 1.807) is 18.9 Å². The normalized spacial score (nSPS) is 11.4. The fourth-order valence-electron chi connectivity index (χ4n) is 2.11. The van der Waals surface area contributed by atoms with E-state index in [4.69, 9.17) is 4.74 Å². The van der Waals surface area contributed by atoms with Gasteiger partial charge in [-0.05, 0) is 26.3 Å². The molecule has 0 unspecified atom stereocenters. The molecule has 2 rings (SSSR count). The molecule has 0 aliphatic carbocycles. The molecule has 3 N–H and O–H groups in total. The van der Waals surface area contributed by atoms with Gasteiger partial charge >= 0.3 is 12.1 Å². The Labute approximate surface area is 133 Å². The number of esters is 1. The Kier molecular flexibility index (Phi) is 4.62. The number of aromatic amines is 2. The monoisotopic (exact) mass is 345 g/mol. The average molecular weight is 345 g/mol. The lowest BCUT2D eigenvalue weighted by Crippen LogP contribution is -2.15. The van der Waals surface area contributed by atoms with Crippen LogP contribution in [-0.4, -0.2) is 38.6 Å². The maximum absolute atomic E-state index is 12.5. The van der Waals surface area contributed by atoms with Gasteiger partial charge in [-0.25, -0.2) is 4.79 Å². The number of rotatable bonds is 4. The van der Waals surface area contributed by atoms with Crippen LogP contribution in [0.15, 0.2) is 0 Å². The van der Waals surface area contributed by atoms with Gasteiger partial charge in [0.05, 0.1) is 12.2 Å². The van der Waals surface area contributed by atoms with E-state index in [0.717, 1.165) is 0 Å². The molecule has 8 nitrogen and oxygen atoms in total. The van der Waals surface area contributed by atoms with Crippen molar-refractivity contribution in [1.82, 2.24) is 20.2 Å². The molecule has 0 atom stereocenters. The maximum atomic E-state index is 12.5. The number of alkyl halides is 3. The van der Waals surface area contributed by atoms with Crippen LogP contribution in [0.1, 0.15) is 44.9 Å². The number of aromatic nitrogens is 4. The molecule has 2 aromatic rings. The van der Waals surface area contributed by atoms with Crippen LogP contribution in [0.25, 0.3) is 0 Å².